The van der Waals surface area contributed by atoms with Gasteiger partial charge in [0.05, 0.1) is 12.1 Å². The van der Waals surface area contributed by atoms with E-state index in [-0.39, 0.29) is 11.2 Å². The van der Waals surface area contributed by atoms with E-state index in [1.807, 2.05) is 18.2 Å². The van der Waals surface area contributed by atoms with E-state index < -0.39 is 0 Å². The fourth-order valence-electron chi connectivity index (χ4n) is 6.98. The monoisotopic (exact) mass is 603 g/mol. The Morgan fingerprint density at radius 1 is 0.844 bits per heavy atom. The molecule has 6 rings (SSSR count). The highest BCUT2D eigenvalue weighted by Gasteiger charge is 2.42. The Morgan fingerprint density at radius 2 is 1.56 bits per heavy atom. The fourth-order valence-corrected chi connectivity index (χ4v) is 6.98. The number of amidine groups is 1. The van der Waals surface area contributed by atoms with E-state index in [1.54, 1.807) is 0 Å². The fraction of sp³-hybridized carbons (Fsp3) is 0.450. The number of phenolic OH excluding ortho intramolecular Hbond substituents is 1. The minimum Gasteiger partial charge on any atom is -0.506 e. The van der Waals surface area contributed by atoms with Crippen molar-refractivity contribution in [2.75, 3.05) is 4.90 Å². The Bertz CT molecular complexity index is 1740. The molecular formula is C40H49N3O2. The summed E-state index contributed by atoms with van der Waals surface area (Å²) in [6.45, 7) is 20.1. The molecule has 5 heteroatoms. The van der Waals surface area contributed by atoms with Crippen molar-refractivity contribution >= 4 is 22.4 Å². The first kappa shape index (κ1) is 31.1. The smallest absolute Gasteiger partial charge is 0.219 e. The molecule has 2 aliphatic rings. The SMILES string of the molecule is CC(C)c1cc(Oc2ccc3cc(C(C)(C)C)cc(O)c3n2)cc(C2=N[C@H]3CCC[C@H]3N2c2c(C(C)C)cccc2C(C)C)c1. The maximum Gasteiger partial charge on any atom is 0.219 e. The molecule has 0 radical (unpaired) electrons. The second-order valence-corrected chi connectivity index (χ2v) is 15.0. The van der Waals surface area contributed by atoms with Gasteiger partial charge in [-0.05, 0) is 101 Å². The van der Waals surface area contributed by atoms with Gasteiger partial charge in [0, 0.05) is 22.7 Å². The number of ether oxygens (including phenoxy) is 1. The van der Waals surface area contributed by atoms with Crippen LogP contribution in [0.4, 0.5) is 5.69 Å². The highest BCUT2D eigenvalue weighted by molar-refractivity contribution is 6.13. The Balaban J connectivity index is 1.44. The van der Waals surface area contributed by atoms with Gasteiger partial charge in [0.1, 0.15) is 22.9 Å². The van der Waals surface area contributed by atoms with Crippen LogP contribution in [0.5, 0.6) is 17.4 Å². The van der Waals surface area contributed by atoms with E-state index in [9.17, 15) is 5.11 Å². The van der Waals surface area contributed by atoms with E-state index in [1.165, 1.54) is 28.8 Å². The largest absolute Gasteiger partial charge is 0.506 e. The van der Waals surface area contributed by atoms with Crippen molar-refractivity contribution < 1.29 is 9.84 Å². The Morgan fingerprint density at radius 3 is 2.20 bits per heavy atom. The number of hydrogen-bond donors (Lipinski definition) is 1. The summed E-state index contributed by atoms with van der Waals surface area (Å²) < 4.78 is 6.49. The number of rotatable bonds is 7. The molecule has 0 bridgehead atoms. The molecule has 4 aromatic rings. The van der Waals surface area contributed by atoms with Gasteiger partial charge in [-0.15, -0.1) is 0 Å². The highest BCUT2D eigenvalue weighted by Crippen LogP contribution is 2.44. The summed E-state index contributed by atoms with van der Waals surface area (Å²) in [6, 6.07) is 21.8. The van der Waals surface area contributed by atoms with Gasteiger partial charge < -0.3 is 14.7 Å². The average molecular weight is 604 g/mol. The van der Waals surface area contributed by atoms with Crippen molar-refractivity contribution in [2.24, 2.45) is 4.99 Å². The molecule has 0 saturated heterocycles. The summed E-state index contributed by atoms with van der Waals surface area (Å²) >= 11 is 0. The van der Waals surface area contributed by atoms with Crippen molar-refractivity contribution in [1.82, 2.24) is 4.98 Å². The number of aliphatic imine (C=N–C) groups is 1. The first-order valence-corrected chi connectivity index (χ1v) is 16.8. The zero-order valence-corrected chi connectivity index (χ0v) is 28.5. The van der Waals surface area contributed by atoms with E-state index in [0.717, 1.165) is 40.9 Å². The van der Waals surface area contributed by atoms with Crippen LogP contribution in [-0.2, 0) is 5.41 Å². The van der Waals surface area contributed by atoms with Crippen molar-refractivity contribution in [3.63, 3.8) is 0 Å². The molecule has 2 heterocycles. The lowest BCUT2D eigenvalue weighted by molar-refractivity contribution is 0.458. The van der Waals surface area contributed by atoms with Gasteiger partial charge >= 0.3 is 0 Å². The van der Waals surface area contributed by atoms with E-state index in [2.05, 4.69) is 110 Å². The molecule has 1 N–H and O–H groups in total. The van der Waals surface area contributed by atoms with Gasteiger partial charge in [-0.3, -0.25) is 4.99 Å². The van der Waals surface area contributed by atoms with Crippen LogP contribution in [0.3, 0.4) is 0 Å². The van der Waals surface area contributed by atoms with Gasteiger partial charge in [0.25, 0.3) is 0 Å². The number of phenols is 1. The number of aromatic hydroxyl groups is 1. The van der Waals surface area contributed by atoms with Crippen molar-refractivity contribution in [1.29, 1.82) is 0 Å². The predicted molar refractivity (Wildman–Crippen MR) is 188 cm³/mol. The predicted octanol–water partition coefficient (Wildman–Crippen LogP) is 10.6. The van der Waals surface area contributed by atoms with E-state index in [0.29, 0.717) is 41.2 Å². The number of nitrogens with zero attached hydrogens (tertiary/aromatic N) is 3. The topological polar surface area (TPSA) is 58.0 Å². The molecule has 1 aromatic heterocycles. The third kappa shape index (κ3) is 5.94. The van der Waals surface area contributed by atoms with Gasteiger partial charge in [-0.1, -0.05) is 80.5 Å². The van der Waals surface area contributed by atoms with Crippen LogP contribution in [0.15, 0.2) is 65.7 Å². The number of para-hydroxylation sites is 1. The summed E-state index contributed by atoms with van der Waals surface area (Å²) in [5.41, 5.74) is 7.93. The van der Waals surface area contributed by atoms with Crippen LogP contribution in [0.2, 0.25) is 0 Å². The first-order valence-electron chi connectivity index (χ1n) is 16.8. The van der Waals surface area contributed by atoms with Gasteiger partial charge in [0.15, 0.2) is 0 Å². The zero-order valence-electron chi connectivity index (χ0n) is 28.5. The maximum atomic E-state index is 10.9. The van der Waals surface area contributed by atoms with Crippen LogP contribution in [0.25, 0.3) is 10.9 Å². The lowest BCUT2D eigenvalue weighted by atomic mass is 9.86. The molecule has 1 fully saturated rings. The average Bonchev–Trinajstić information content (AvgIpc) is 3.58. The van der Waals surface area contributed by atoms with Crippen LogP contribution in [-0.4, -0.2) is 28.0 Å². The summed E-state index contributed by atoms with van der Waals surface area (Å²) in [7, 11) is 0. The summed E-state index contributed by atoms with van der Waals surface area (Å²) in [4.78, 5) is 12.8. The summed E-state index contributed by atoms with van der Waals surface area (Å²) in [6.07, 6.45) is 3.48. The number of anilines is 1. The minimum absolute atomic E-state index is 0.0739. The molecule has 1 aliphatic carbocycles. The van der Waals surface area contributed by atoms with Crippen LogP contribution < -0.4 is 9.64 Å². The molecule has 1 saturated carbocycles. The standard InChI is InChI=1S/C40H49N3O2/c1-23(2)27-18-28(21-30(20-27)45-36-17-16-26-19-29(40(7,8)9)22-35(44)37(26)42-36)39-41-33-14-11-15-34(33)43(39)38-31(24(3)4)12-10-13-32(38)25(5)6/h10,12-13,16-25,33-34,44H,11,14-15H2,1-9H3/t33-,34+/m0/s1. The number of hydrogen-bond acceptors (Lipinski definition) is 5. The second-order valence-electron chi connectivity index (χ2n) is 15.0. The molecule has 2 atom stereocenters. The molecule has 5 nitrogen and oxygen atoms in total. The Hall–Kier alpha value is -3.86. The van der Waals surface area contributed by atoms with Crippen molar-refractivity contribution in [3.05, 3.63) is 88.5 Å². The lowest BCUT2D eigenvalue weighted by Gasteiger charge is -2.34. The van der Waals surface area contributed by atoms with Crippen LogP contribution in [0.1, 0.15) is 127 Å². The molecule has 1 aliphatic heterocycles. The first-order chi connectivity index (χ1) is 21.3. The summed E-state index contributed by atoms with van der Waals surface area (Å²) in [5, 5.41) is 11.8. The normalized spacial score (nSPS) is 18.4. The zero-order chi connectivity index (χ0) is 32.2. The summed E-state index contributed by atoms with van der Waals surface area (Å²) in [5.74, 6) is 3.52. The molecule has 45 heavy (non-hydrogen) atoms. The number of fused-ring (bicyclic) bond motifs is 2. The van der Waals surface area contributed by atoms with Crippen molar-refractivity contribution in [2.45, 2.75) is 117 Å². The third-order valence-corrected chi connectivity index (χ3v) is 9.56. The number of aromatic nitrogens is 1. The van der Waals surface area contributed by atoms with Gasteiger partial charge in [-0.2, -0.15) is 0 Å². The molecule has 0 spiro atoms. The molecule has 0 amide bonds. The lowest BCUT2D eigenvalue weighted by Crippen LogP contribution is -2.39. The number of benzene rings is 3. The molecule has 0 unspecified atom stereocenters. The molecule has 236 valence electrons. The van der Waals surface area contributed by atoms with Crippen LogP contribution in [0, 0.1) is 0 Å². The minimum atomic E-state index is -0.0739. The number of pyridine rings is 1. The van der Waals surface area contributed by atoms with E-state index in [4.69, 9.17) is 14.7 Å². The molecular weight excluding hydrogens is 554 g/mol. The van der Waals surface area contributed by atoms with Gasteiger partial charge in [-0.25, -0.2) is 4.98 Å². The Kier molecular flexibility index (Phi) is 8.18. The second kappa shape index (κ2) is 11.8. The quantitative estimate of drug-likeness (QED) is 0.228. The van der Waals surface area contributed by atoms with Crippen LogP contribution >= 0.6 is 0 Å². The van der Waals surface area contributed by atoms with Gasteiger partial charge in [0.2, 0.25) is 5.88 Å². The molecule has 3 aromatic carbocycles. The maximum absolute atomic E-state index is 10.9. The Labute approximate surface area is 269 Å². The highest BCUT2D eigenvalue weighted by atomic mass is 16.5. The van der Waals surface area contributed by atoms with Crippen molar-refractivity contribution in [3.8, 4) is 17.4 Å². The van der Waals surface area contributed by atoms with E-state index >= 15 is 0 Å². The third-order valence-electron chi connectivity index (χ3n) is 9.56.